The third-order valence-corrected chi connectivity index (χ3v) is 3.92. The van der Waals surface area contributed by atoms with Gasteiger partial charge < -0.3 is 10.1 Å². The Hall–Kier alpha value is -3.35. The van der Waals surface area contributed by atoms with Crippen molar-refractivity contribution in [3.63, 3.8) is 0 Å². The molecule has 144 valence electrons. The van der Waals surface area contributed by atoms with Gasteiger partial charge in [0.15, 0.2) is 0 Å². The minimum absolute atomic E-state index is 0.0323. The lowest BCUT2D eigenvalue weighted by molar-refractivity contribution is -0.115. The molecule has 28 heavy (non-hydrogen) atoms. The quantitative estimate of drug-likeness (QED) is 0.572. The normalized spacial score (nSPS) is 10.8. The smallest absolute Gasteiger partial charge is 0.387 e. The van der Waals surface area contributed by atoms with E-state index in [0.717, 1.165) is 6.07 Å². The number of rotatable bonds is 6. The van der Waals surface area contributed by atoms with Gasteiger partial charge in [-0.2, -0.15) is 8.78 Å². The highest BCUT2D eigenvalue weighted by Crippen LogP contribution is 2.31. The summed E-state index contributed by atoms with van der Waals surface area (Å²) < 4.78 is 56.6. The topological polar surface area (TPSA) is 38.3 Å². The molecule has 0 spiro atoms. The molecule has 0 aromatic heterocycles. The molecule has 3 nitrogen and oxygen atoms in total. The summed E-state index contributed by atoms with van der Waals surface area (Å²) in [7, 11) is 0. The van der Waals surface area contributed by atoms with Crippen molar-refractivity contribution in [2.45, 2.75) is 13.0 Å². The van der Waals surface area contributed by atoms with Crippen molar-refractivity contribution in [1.29, 1.82) is 0 Å². The number of hydrogen-bond donors (Lipinski definition) is 1. The van der Waals surface area contributed by atoms with Crippen molar-refractivity contribution in [3.05, 3.63) is 83.9 Å². The number of nitrogens with one attached hydrogen (secondary N) is 1. The van der Waals surface area contributed by atoms with Crippen molar-refractivity contribution < 1.29 is 27.1 Å². The number of halogens is 4. The number of benzene rings is 3. The van der Waals surface area contributed by atoms with E-state index in [1.54, 1.807) is 30.3 Å². The highest BCUT2D eigenvalue weighted by molar-refractivity contribution is 5.96. The van der Waals surface area contributed by atoms with Crippen LogP contribution in [0.15, 0.2) is 66.7 Å². The third kappa shape index (κ3) is 4.88. The van der Waals surface area contributed by atoms with Gasteiger partial charge >= 0.3 is 6.61 Å². The van der Waals surface area contributed by atoms with E-state index in [1.807, 2.05) is 0 Å². The van der Waals surface area contributed by atoms with Gasteiger partial charge in [0.2, 0.25) is 5.91 Å². The molecule has 0 saturated carbocycles. The van der Waals surface area contributed by atoms with Gasteiger partial charge in [-0.15, -0.1) is 0 Å². The van der Waals surface area contributed by atoms with Crippen LogP contribution >= 0.6 is 0 Å². The number of anilines is 1. The zero-order chi connectivity index (χ0) is 20.1. The summed E-state index contributed by atoms with van der Waals surface area (Å²) >= 11 is 0. The second-order valence-electron chi connectivity index (χ2n) is 5.92. The Labute approximate surface area is 158 Å². The number of ether oxygens (including phenoxy) is 1. The first-order valence-corrected chi connectivity index (χ1v) is 8.30. The standard InChI is InChI=1S/C21H15F4NO2/c22-15-11-17(14-4-2-1-3-5-14)20(18(23)12-15)26-19(27)10-13-6-8-16(9-7-13)28-21(24)25/h1-9,11-12,21H,10H2,(H,26,27). The third-order valence-electron chi connectivity index (χ3n) is 3.92. The first-order valence-electron chi connectivity index (χ1n) is 8.30. The van der Waals surface area contributed by atoms with Crippen LogP contribution in [-0.4, -0.2) is 12.5 Å². The second-order valence-corrected chi connectivity index (χ2v) is 5.92. The molecule has 0 fully saturated rings. The van der Waals surface area contributed by atoms with Gasteiger partial charge in [0.1, 0.15) is 17.4 Å². The number of carbonyl (C=O) groups excluding carboxylic acids is 1. The van der Waals surface area contributed by atoms with Crippen LogP contribution in [0.25, 0.3) is 11.1 Å². The molecule has 0 atom stereocenters. The molecule has 0 saturated heterocycles. The molecule has 0 bridgehead atoms. The maximum atomic E-state index is 14.3. The van der Waals surface area contributed by atoms with E-state index in [4.69, 9.17) is 0 Å². The number of carbonyl (C=O) groups is 1. The Balaban J connectivity index is 1.79. The lowest BCUT2D eigenvalue weighted by Gasteiger charge is -2.13. The average Bonchev–Trinajstić information content (AvgIpc) is 2.65. The minimum atomic E-state index is -2.94. The molecule has 0 heterocycles. The zero-order valence-corrected chi connectivity index (χ0v) is 14.5. The molecule has 0 aliphatic heterocycles. The van der Waals surface area contributed by atoms with Crippen molar-refractivity contribution in [1.82, 2.24) is 0 Å². The lowest BCUT2D eigenvalue weighted by Crippen LogP contribution is -2.16. The summed E-state index contributed by atoms with van der Waals surface area (Å²) in [6, 6.07) is 15.9. The van der Waals surface area contributed by atoms with Crippen molar-refractivity contribution >= 4 is 11.6 Å². The van der Waals surface area contributed by atoms with Gasteiger partial charge in [0, 0.05) is 11.6 Å². The van der Waals surface area contributed by atoms with Crippen LogP contribution in [0.5, 0.6) is 5.75 Å². The van der Waals surface area contributed by atoms with Crippen molar-refractivity contribution in [2.24, 2.45) is 0 Å². The van der Waals surface area contributed by atoms with Gasteiger partial charge in [-0.05, 0) is 29.3 Å². The van der Waals surface area contributed by atoms with Crippen LogP contribution in [0.2, 0.25) is 0 Å². The van der Waals surface area contributed by atoms with E-state index >= 15 is 0 Å². The summed E-state index contributed by atoms with van der Waals surface area (Å²) in [6.45, 7) is -2.94. The Morgan fingerprint density at radius 2 is 1.64 bits per heavy atom. The SMILES string of the molecule is O=C(Cc1ccc(OC(F)F)cc1)Nc1c(F)cc(F)cc1-c1ccccc1. The predicted molar refractivity (Wildman–Crippen MR) is 97.2 cm³/mol. The Morgan fingerprint density at radius 3 is 2.29 bits per heavy atom. The highest BCUT2D eigenvalue weighted by Gasteiger charge is 2.16. The van der Waals surface area contributed by atoms with E-state index in [1.165, 1.54) is 24.3 Å². The van der Waals surface area contributed by atoms with Crippen LogP contribution in [0.4, 0.5) is 23.2 Å². The van der Waals surface area contributed by atoms with Crippen molar-refractivity contribution in [2.75, 3.05) is 5.32 Å². The van der Waals surface area contributed by atoms with E-state index in [-0.39, 0.29) is 23.4 Å². The van der Waals surface area contributed by atoms with Crippen LogP contribution in [0.3, 0.4) is 0 Å². The fourth-order valence-corrected chi connectivity index (χ4v) is 2.70. The monoisotopic (exact) mass is 389 g/mol. The Kier molecular flexibility index (Phi) is 5.93. The number of hydrogen-bond acceptors (Lipinski definition) is 2. The molecular formula is C21H15F4NO2. The number of alkyl halides is 2. The maximum absolute atomic E-state index is 14.3. The molecule has 7 heteroatoms. The fourth-order valence-electron chi connectivity index (χ4n) is 2.70. The van der Waals surface area contributed by atoms with Crippen LogP contribution in [0.1, 0.15) is 5.56 Å². The molecule has 0 unspecified atom stereocenters. The molecule has 1 amide bonds. The molecule has 0 radical (unpaired) electrons. The fraction of sp³-hybridized carbons (Fsp3) is 0.0952. The summed E-state index contributed by atoms with van der Waals surface area (Å²) in [5, 5.41) is 2.47. The molecule has 3 aromatic carbocycles. The summed E-state index contributed by atoms with van der Waals surface area (Å²) in [5.74, 6) is -2.22. The first-order chi connectivity index (χ1) is 13.4. The lowest BCUT2D eigenvalue weighted by atomic mass is 10.0. The maximum Gasteiger partial charge on any atom is 0.387 e. The second kappa shape index (κ2) is 8.56. The van der Waals surface area contributed by atoms with Crippen molar-refractivity contribution in [3.8, 4) is 16.9 Å². The van der Waals surface area contributed by atoms with Crippen LogP contribution < -0.4 is 10.1 Å². The zero-order valence-electron chi connectivity index (χ0n) is 14.5. The van der Waals surface area contributed by atoms with Gasteiger partial charge in [-0.25, -0.2) is 8.78 Å². The Bertz CT molecular complexity index is 960. The largest absolute Gasteiger partial charge is 0.435 e. The molecule has 0 aliphatic rings. The van der Waals surface area contributed by atoms with E-state index in [2.05, 4.69) is 10.1 Å². The molecule has 3 aromatic rings. The van der Waals surface area contributed by atoms with Crippen LogP contribution in [-0.2, 0) is 11.2 Å². The minimum Gasteiger partial charge on any atom is -0.435 e. The first kappa shape index (κ1) is 19.4. The average molecular weight is 389 g/mol. The highest BCUT2D eigenvalue weighted by atomic mass is 19.3. The number of amides is 1. The summed E-state index contributed by atoms with van der Waals surface area (Å²) in [6.07, 6.45) is -0.125. The van der Waals surface area contributed by atoms with E-state index in [0.29, 0.717) is 17.2 Å². The van der Waals surface area contributed by atoms with Gasteiger partial charge in [-0.1, -0.05) is 42.5 Å². The van der Waals surface area contributed by atoms with Gasteiger partial charge in [0.25, 0.3) is 0 Å². The van der Waals surface area contributed by atoms with Gasteiger partial charge in [0.05, 0.1) is 12.1 Å². The van der Waals surface area contributed by atoms with Gasteiger partial charge in [-0.3, -0.25) is 4.79 Å². The molecule has 0 aliphatic carbocycles. The predicted octanol–water partition coefficient (Wildman–Crippen LogP) is 5.41. The molecule has 3 rings (SSSR count). The molecule has 1 N–H and O–H groups in total. The Morgan fingerprint density at radius 1 is 0.964 bits per heavy atom. The summed E-state index contributed by atoms with van der Waals surface area (Å²) in [5.41, 5.74) is 1.15. The van der Waals surface area contributed by atoms with E-state index in [9.17, 15) is 22.4 Å². The van der Waals surface area contributed by atoms with E-state index < -0.39 is 24.2 Å². The van der Waals surface area contributed by atoms with Crippen LogP contribution in [0, 0.1) is 11.6 Å². The molecular weight excluding hydrogens is 374 g/mol. The summed E-state index contributed by atoms with van der Waals surface area (Å²) in [4.78, 5) is 12.3.